The Morgan fingerprint density at radius 2 is 1.79 bits per heavy atom. The molecule has 2 fully saturated rings. The van der Waals surface area contributed by atoms with Crippen LogP contribution >= 0.6 is 0 Å². The Hall–Kier alpha value is -2.28. The molecule has 0 unspecified atom stereocenters. The van der Waals surface area contributed by atoms with Crippen molar-refractivity contribution in [1.82, 2.24) is 15.1 Å². The third kappa shape index (κ3) is 3.79. The van der Waals surface area contributed by atoms with Crippen LogP contribution < -0.4 is 10.1 Å². The third-order valence-electron chi connectivity index (χ3n) is 4.45. The van der Waals surface area contributed by atoms with Gasteiger partial charge in [-0.05, 0) is 30.7 Å². The summed E-state index contributed by atoms with van der Waals surface area (Å²) in [6.45, 7) is 3.46. The number of carbonyl (C=O) groups is 2. The van der Waals surface area contributed by atoms with Crippen molar-refractivity contribution in [2.24, 2.45) is 0 Å². The summed E-state index contributed by atoms with van der Waals surface area (Å²) >= 11 is 0. The minimum atomic E-state index is -0.0675. The lowest BCUT2D eigenvalue weighted by atomic mass is 10.1. The lowest BCUT2D eigenvalue weighted by molar-refractivity contribution is 0.0663. The van der Waals surface area contributed by atoms with Gasteiger partial charge in [0.25, 0.3) is 5.91 Å². The van der Waals surface area contributed by atoms with Crippen LogP contribution in [0.25, 0.3) is 0 Å². The van der Waals surface area contributed by atoms with Gasteiger partial charge in [-0.15, -0.1) is 0 Å². The number of ether oxygens (including phenoxy) is 2. The van der Waals surface area contributed by atoms with Gasteiger partial charge < -0.3 is 24.6 Å². The molecule has 2 aliphatic rings. The SMILES string of the molecule is COc1ccc(C(=O)N2CCN(C(=O)N[C@@H]3CCOC3)CC2)cc1. The Kier molecular flexibility index (Phi) is 5.20. The van der Waals surface area contributed by atoms with Crippen molar-refractivity contribution < 1.29 is 19.1 Å². The highest BCUT2D eigenvalue weighted by Gasteiger charge is 2.27. The second kappa shape index (κ2) is 7.53. The molecule has 7 nitrogen and oxygen atoms in total. The molecule has 24 heavy (non-hydrogen) atoms. The molecule has 7 heteroatoms. The molecule has 2 aliphatic heterocycles. The Balaban J connectivity index is 1.50. The number of hydrogen-bond donors (Lipinski definition) is 1. The first-order valence-electron chi connectivity index (χ1n) is 8.24. The van der Waals surface area contributed by atoms with Gasteiger partial charge in [0.1, 0.15) is 5.75 Å². The van der Waals surface area contributed by atoms with Crippen molar-refractivity contribution in [3.8, 4) is 5.75 Å². The zero-order valence-corrected chi connectivity index (χ0v) is 13.9. The molecule has 0 radical (unpaired) electrons. The quantitative estimate of drug-likeness (QED) is 0.894. The van der Waals surface area contributed by atoms with Crippen molar-refractivity contribution in [2.45, 2.75) is 12.5 Å². The van der Waals surface area contributed by atoms with E-state index in [-0.39, 0.29) is 18.0 Å². The molecule has 2 heterocycles. The van der Waals surface area contributed by atoms with Crippen molar-refractivity contribution in [1.29, 1.82) is 0 Å². The average Bonchev–Trinajstić information content (AvgIpc) is 3.14. The van der Waals surface area contributed by atoms with Crippen LogP contribution in [0.1, 0.15) is 16.8 Å². The first-order chi connectivity index (χ1) is 11.7. The minimum Gasteiger partial charge on any atom is -0.497 e. The predicted octanol–water partition coefficient (Wildman–Crippen LogP) is 0.952. The molecular formula is C17H23N3O4. The summed E-state index contributed by atoms with van der Waals surface area (Å²) in [4.78, 5) is 28.3. The van der Waals surface area contributed by atoms with E-state index < -0.39 is 0 Å². The van der Waals surface area contributed by atoms with Gasteiger partial charge in [-0.2, -0.15) is 0 Å². The maximum Gasteiger partial charge on any atom is 0.317 e. The van der Waals surface area contributed by atoms with Gasteiger partial charge in [0.2, 0.25) is 0 Å². The van der Waals surface area contributed by atoms with Crippen LogP contribution in [0.4, 0.5) is 4.79 Å². The number of methoxy groups -OCH3 is 1. The molecule has 0 aromatic heterocycles. The second-order valence-corrected chi connectivity index (χ2v) is 6.02. The number of carbonyl (C=O) groups excluding carboxylic acids is 2. The van der Waals surface area contributed by atoms with Crippen LogP contribution in [0.2, 0.25) is 0 Å². The number of hydrogen-bond acceptors (Lipinski definition) is 4. The van der Waals surface area contributed by atoms with Gasteiger partial charge in [0, 0.05) is 38.3 Å². The zero-order chi connectivity index (χ0) is 16.9. The van der Waals surface area contributed by atoms with E-state index in [1.54, 1.807) is 41.2 Å². The molecule has 0 spiro atoms. The highest BCUT2D eigenvalue weighted by Crippen LogP contribution is 2.14. The minimum absolute atomic E-state index is 0.0121. The molecule has 130 valence electrons. The summed E-state index contributed by atoms with van der Waals surface area (Å²) in [6, 6.07) is 7.13. The monoisotopic (exact) mass is 333 g/mol. The number of urea groups is 1. The van der Waals surface area contributed by atoms with E-state index in [0.29, 0.717) is 45.0 Å². The van der Waals surface area contributed by atoms with E-state index in [1.807, 2.05) is 0 Å². The number of nitrogens with one attached hydrogen (secondary N) is 1. The topological polar surface area (TPSA) is 71.1 Å². The number of piperazine rings is 1. The van der Waals surface area contributed by atoms with Gasteiger partial charge in [0.15, 0.2) is 0 Å². The first-order valence-corrected chi connectivity index (χ1v) is 8.24. The molecule has 0 saturated carbocycles. The molecule has 0 bridgehead atoms. The van der Waals surface area contributed by atoms with Gasteiger partial charge in [-0.3, -0.25) is 4.79 Å². The van der Waals surface area contributed by atoms with Crippen LogP contribution in [0.5, 0.6) is 5.75 Å². The Morgan fingerprint density at radius 3 is 2.38 bits per heavy atom. The summed E-state index contributed by atoms with van der Waals surface area (Å²) in [7, 11) is 1.60. The second-order valence-electron chi connectivity index (χ2n) is 6.02. The Labute approximate surface area is 141 Å². The first kappa shape index (κ1) is 16.6. The molecule has 0 aliphatic carbocycles. The zero-order valence-electron chi connectivity index (χ0n) is 13.9. The Bertz CT molecular complexity index is 576. The van der Waals surface area contributed by atoms with E-state index in [9.17, 15) is 9.59 Å². The van der Waals surface area contributed by atoms with Crippen molar-refractivity contribution >= 4 is 11.9 Å². The highest BCUT2D eigenvalue weighted by molar-refractivity contribution is 5.94. The molecule has 1 atom stereocenters. The molecular weight excluding hydrogens is 310 g/mol. The summed E-state index contributed by atoms with van der Waals surface area (Å²) in [6.07, 6.45) is 0.863. The Morgan fingerprint density at radius 1 is 1.12 bits per heavy atom. The smallest absolute Gasteiger partial charge is 0.317 e. The lowest BCUT2D eigenvalue weighted by Crippen LogP contribution is -2.54. The van der Waals surface area contributed by atoms with Crippen LogP contribution in [0.15, 0.2) is 24.3 Å². The largest absolute Gasteiger partial charge is 0.497 e. The maximum absolute atomic E-state index is 12.5. The van der Waals surface area contributed by atoms with Crippen molar-refractivity contribution in [3.63, 3.8) is 0 Å². The standard InChI is InChI=1S/C17H23N3O4/c1-23-15-4-2-13(3-5-15)16(21)19-7-9-20(10-8-19)17(22)18-14-6-11-24-12-14/h2-5,14H,6-12H2,1H3,(H,18,22)/t14-/m1/s1. The number of amides is 3. The molecule has 1 aromatic rings. The van der Waals surface area contributed by atoms with Crippen LogP contribution in [0.3, 0.4) is 0 Å². The fourth-order valence-corrected chi connectivity index (χ4v) is 2.94. The third-order valence-corrected chi connectivity index (χ3v) is 4.45. The number of nitrogens with zero attached hydrogens (tertiary/aromatic N) is 2. The van der Waals surface area contributed by atoms with Gasteiger partial charge >= 0.3 is 6.03 Å². The normalized spacial score (nSPS) is 20.8. The average molecular weight is 333 g/mol. The van der Waals surface area contributed by atoms with Crippen LogP contribution in [0, 0.1) is 0 Å². The van der Waals surface area contributed by atoms with Gasteiger partial charge in [-0.25, -0.2) is 4.79 Å². The predicted molar refractivity (Wildman–Crippen MR) is 88.2 cm³/mol. The van der Waals surface area contributed by atoms with Crippen molar-refractivity contribution in [3.05, 3.63) is 29.8 Å². The molecule has 1 N–H and O–H groups in total. The molecule has 1 aromatic carbocycles. The van der Waals surface area contributed by atoms with E-state index in [4.69, 9.17) is 9.47 Å². The summed E-state index contributed by atoms with van der Waals surface area (Å²) in [5.41, 5.74) is 0.636. The van der Waals surface area contributed by atoms with Gasteiger partial charge in [-0.1, -0.05) is 0 Å². The summed E-state index contributed by atoms with van der Waals surface area (Å²) in [5, 5.41) is 2.98. The fourth-order valence-electron chi connectivity index (χ4n) is 2.94. The fraction of sp³-hybridized carbons (Fsp3) is 0.529. The summed E-state index contributed by atoms with van der Waals surface area (Å²) in [5.74, 6) is 0.714. The summed E-state index contributed by atoms with van der Waals surface area (Å²) < 4.78 is 10.4. The van der Waals surface area contributed by atoms with Gasteiger partial charge in [0.05, 0.1) is 19.8 Å². The van der Waals surface area contributed by atoms with Crippen molar-refractivity contribution in [2.75, 3.05) is 46.5 Å². The van der Waals surface area contributed by atoms with E-state index in [2.05, 4.69) is 5.32 Å². The lowest BCUT2D eigenvalue weighted by Gasteiger charge is -2.35. The van der Waals surface area contributed by atoms with Crippen LogP contribution in [-0.2, 0) is 4.74 Å². The van der Waals surface area contributed by atoms with E-state index >= 15 is 0 Å². The maximum atomic E-state index is 12.5. The molecule has 3 rings (SSSR count). The number of benzene rings is 1. The van der Waals surface area contributed by atoms with Crippen LogP contribution in [-0.4, -0.2) is 74.3 Å². The molecule has 3 amide bonds. The number of rotatable bonds is 3. The molecule has 2 saturated heterocycles. The highest BCUT2D eigenvalue weighted by atomic mass is 16.5. The van der Waals surface area contributed by atoms with E-state index in [0.717, 1.165) is 12.2 Å². The van der Waals surface area contributed by atoms with E-state index in [1.165, 1.54) is 0 Å².